The first-order valence-corrected chi connectivity index (χ1v) is 5.55. The minimum absolute atomic E-state index is 0.428. The Kier molecular flexibility index (Phi) is 4.07. The number of aromatic nitrogens is 1. The molecular formula is C13H5F6NO2. The van der Waals surface area contributed by atoms with E-state index >= 15 is 0 Å². The van der Waals surface area contributed by atoms with Gasteiger partial charge in [0.1, 0.15) is 0 Å². The number of rotatable bonds is 2. The Bertz CT molecular complexity index is 749. The molecule has 0 fully saturated rings. The molecule has 0 unspecified atom stereocenters. The summed E-state index contributed by atoms with van der Waals surface area (Å²) in [6, 6.07) is 0.576. The van der Waals surface area contributed by atoms with Gasteiger partial charge >= 0.3 is 5.97 Å². The van der Waals surface area contributed by atoms with E-state index in [1.54, 1.807) is 0 Å². The summed E-state index contributed by atoms with van der Waals surface area (Å²) in [5, 5.41) is 0. The molecule has 0 bridgehead atoms. The van der Waals surface area contributed by atoms with E-state index < -0.39 is 57.7 Å². The van der Waals surface area contributed by atoms with E-state index in [2.05, 4.69) is 9.72 Å². The molecule has 1 aromatic carbocycles. The summed E-state index contributed by atoms with van der Waals surface area (Å²) in [5.74, 6) is -13.9. The van der Waals surface area contributed by atoms with Crippen LogP contribution in [0.5, 0.6) is 0 Å². The zero-order chi connectivity index (χ0) is 16.6. The number of benzene rings is 1. The predicted molar refractivity (Wildman–Crippen MR) is 60.8 cm³/mol. The van der Waals surface area contributed by atoms with Gasteiger partial charge in [-0.15, -0.1) is 0 Å². The Morgan fingerprint density at radius 3 is 1.95 bits per heavy atom. The SMILES string of the molecule is COC(=O)c1cnc(F)c(-c2c(F)c(F)c(F)c(F)c2F)c1. The van der Waals surface area contributed by atoms with Crippen LogP contribution in [-0.4, -0.2) is 18.1 Å². The van der Waals surface area contributed by atoms with Crippen LogP contribution >= 0.6 is 0 Å². The molecule has 0 radical (unpaired) electrons. The molecule has 2 aromatic rings. The lowest BCUT2D eigenvalue weighted by Gasteiger charge is -2.10. The Hall–Kier alpha value is -2.58. The molecule has 1 heterocycles. The largest absolute Gasteiger partial charge is 0.465 e. The number of hydrogen-bond acceptors (Lipinski definition) is 3. The number of carbonyl (C=O) groups is 1. The average molecular weight is 321 g/mol. The van der Waals surface area contributed by atoms with Crippen LogP contribution in [0.2, 0.25) is 0 Å². The van der Waals surface area contributed by atoms with Crippen LogP contribution in [0, 0.1) is 35.0 Å². The zero-order valence-corrected chi connectivity index (χ0v) is 10.7. The van der Waals surface area contributed by atoms with Gasteiger partial charge in [0.15, 0.2) is 23.3 Å². The molecule has 1 aromatic heterocycles. The minimum Gasteiger partial charge on any atom is -0.465 e. The summed E-state index contributed by atoms with van der Waals surface area (Å²) in [4.78, 5) is 14.3. The molecule has 3 nitrogen and oxygen atoms in total. The molecule has 0 aliphatic heterocycles. The molecule has 0 N–H and O–H groups in total. The molecule has 0 saturated heterocycles. The van der Waals surface area contributed by atoms with E-state index in [-0.39, 0.29) is 0 Å². The third-order valence-electron chi connectivity index (χ3n) is 2.74. The number of nitrogens with zero attached hydrogens (tertiary/aromatic N) is 1. The monoisotopic (exact) mass is 321 g/mol. The van der Waals surface area contributed by atoms with Gasteiger partial charge in [0.05, 0.1) is 18.2 Å². The highest BCUT2D eigenvalue weighted by atomic mass is 19.2. The number of ether oxygens (including phenoxy) is 1. The lowest BCUT2D eigenvalue weighted by molar-refractivity contribution is 0.0600. The van der Waals surface area contributed by atoms with E-state index in [1.165, 1.54) is 0 Å². The number of halogens is 6. The molecule has 0 atom stereocenters. The fourth-order valence-corrected chi connectivity index (χ4v) is 1.69. The van der Waals surface area contributed by atoms with E-state index in [0.717, 1.165) is 7.11 Å². The first-order valence-electron chi connectivity index (χ1n) is 5.55. The first kappa shape index (κ1) is 15.8. The van der Waals surface area contributed by atoms with Crippen molar-refractivity contribution in [3.8, 4) is 11.1 Å². The van der Waals surface area contributed by atoms with Crippen LogP contribution in [0.1, 0.15) is 10.4 Å². The highest BCUT2D eigenvalue weighted by Crippen LogP contribution is 2.32. The maximum Gasteiger partial charge on any atom is 0.339 e. The summed E-state index contributed by atoms with van der Waals surface area (Å²) in [7, 11) is 0.976. The van der Waals surface area contributed by atoms with Gasteiger partial charge in [-0.2, -0.15) is 4.39 Å². The normalized spacial score (nSPS) is 10.7. The lowest BCUT2D eigenvalue weighted by Crippen LogP contribution is -2.08. The fraction of sp³-hybridized carbons (Fsp3) is 0.0769. The quantitative estimate of drug-likeness (QED) is 0.280. The summed E-state index contributed by atoms with van der Waals surface area (Å²) in [5.41, 5.74) is -3.01. The molecule has 22 heavy (non-hydrogen) atoms. The maximum atomic E-state index is 13.7. The predicted octanol–water partition coefficient (Wildman–Crippen LogP) is 3.37. The van der Waals surface area contributed by atoms with Gasteiger partial charge in [-0.3, -0.25) is 0 Å². The molecule has 0 saturated carbocycles. The Morgan fingerprint density at radius 1 is 0.955 bits per heavy atom. The highest BCUT2D eigenvalue weighted by Gasteiger charge is 2.29. The second-order valence-electron chi connectivity index (χ2n) is 4.00. The Morgan fingerprint density at radius 2 is 1.45 bits per heavy atom. The summed E-state index contributed by atoms with van der Waals surface area (Å²) in [6.07, 6.45) is 0.691. The van der Waals surface area contributed by atoms with Gasteiger partial charge in [-0.1, -0.05) is 0 Å². The molecule has 0 aliphatic carbocycles. The highest BCUT2D eigenvalue weighted by molar-refractivity contribution is 5.90. The van der Waals surface area contributed by atoms with Crippen LogP contribution in [0.3, 0.4) is 0 Å². The second kappa shape index (κ2) is 5.66. The van der Waals surface area contributed by atoms with Gasteiger partial charge in [0.2, 0.25) is 11.8 Å². The molecule has 2 rings (SSSR count). The van der Waals surface area contributed by atoms with E-state index in [4.69, 9.17) is 0 Å². The Labute approximate surface area is 119 Å². The average Bonchev–Trinajstić information content (AvgIpc) is 2.52. The van der Waals surface area contributed by atoms with Crippen molar-refractivity contribution in [2.24, 2.45) is 0 Å². The fourth-order valence-electron chi connectivity index (χ4n) is 1.69. The third kappa shape index (κ3) is 2.38. The lowest BCUT2D eigenvalue weighted by atomic mass is 10.0. The topological polar surface area (TPSA) is 39.2 Å². The van der Waals surface area contributed by atoms with Crippen LogP contribution in [0.25, 0.3) is 11.1 Å². The zero-order valence-electron chi connectivity index (χ0n) is 10.7. The smallest absolute Gasteiger partial charge is 0.339 e. The number of pyridine rings is 1. The number of hydrogen-bond donors (Lipinski definition) is 0. The minimum atomic E-state index is -2.38. The second-order valence-corrected chi connectivity index (χ2v) is 4.00. The van der Waals surface area contributed by atoms with Crippen LogP contribution in [-0.2, 0) is 4.74 Å². The number of esters is 1. The van der Waals surface area contributed by atoms with Crippen molar-refractivity contribution in [3.05, 3.63) is 52.9 Å². The van der Waals surface area contributed by atoms with Crippen molar-refractivity contribution in [2.45, 2.75) is 0 Å². The molecular weight excluding hydrogens is 316 g/mol. The van der Waals surface area contributed by atoms with Crippen LogP contribution < -0.4 is 0 Å². The van der Waals surface area contributed by atoms with Crippen LogP contribution in [0.4, 0.5) is 26.3 Å². The number of carbonyl (C=O) groups excluding carboxylic acids is 1. The van der Waals surface area contributed by atoms with Gasteiger partial charge in [-0.25, -0.2) is 31.7 Å². The van der Waals surface area contributed by atoms with Crippen molar-refractivity contribution >= 4 is 5.97 Å². The molecule has 0 spiro atoms. The Balaban J connectivity index is 2.80. The molecule has 116 valence electrons. The van der Waals surface area contributed by atoms with Gasteiger partial charge in [-0.05, 0) is 6.07 Å². The van der Waals surface area contributed by atoms with E-state index in [1.807, 2.05) is 0 Å². The van der Waals surface area contributed by atoms with Crippen molar-refractivity contribution in [1.29, 1.82) is 0 Å². The van der Waals surface area contributed by atoms with Gasteiger partial charge in [0, 0.05) is 11.8 Å². The van der Waals surface area contributed by atoms with Crippen molar-refractivity contribution in [2.75, 3.05) is 7.11 Å². The number of methoxy groups -OCH3 is 1. The summed E-state index contributed by atoms with van der Waals surface area (Å²) >= 11 is 0. The molecule has 9 heteroatoms. The van der Waals surface area contributed by atoms with Crippen molar-refractivity contribution in [3.63, 3.8) is 0 Å². The van der Waals surface area contributed by atoms with Crippen molar-refractivity contribution < 1.29 is 35.9 Å². The maximum absolute atomic E-state index is 13.7. The summed E-state index contributed by atoms with van der Waals surface area (Å²) < 4.78 is 84.5. The standard InChI is InChI=1S/C13H5F6NO2/c1-22-13(21)4-2-5(12(19)20-3-4)6-7(14)9(16)11(18)10(17)8(6)15/h2-3H,1H3. The van der Waals surface area contributed by atoms with Gasteiger partial charge in [0.25, 0.3) is 0 Å². The van der Waals surface area contributed by atoms with Crippen molar-refractivity contribution in [1.82, 2.24) is 4.98 Å². The van der Waals surface area contributed by atoms with E-state index in [9.17, 15) is 31.1 Å². The van der Waals surface area contributed by atoms with E-state index in [0.29, 0.717) is 12.3 Å². The third-order valence-corrected chi connectivity index (χ3v) is 2.74. The molecule has 0 amide bonds. The van der Waals surface area contributed by atoms with Gasteiger partial charge < -0.3 is 4.74 Å². The van der Waals surface area contributed by atoms with Crippen LogP contribution in [0.15, 0.2) is 12.3 Å². The molecule has 0 aliphatic rings. The summed E-state index contributed by atoms with van der Waals surface area (Å²) in [6.45, 7) is 0. The first-order chi connectivity index (χ1) is 10.3.